The third-order valence-electron chi connectivity index (χ3n) is 5.53. The number of benzene rings is 1. The molecule has 3 aliphatic rings. The average molecular weight is 438 g/mol. The third-order valence-corrected chi connectivity index (χ3v) is 7.39. The van der Waals surface area contributed by atoms with E-state index in [2.05, 4.69) is 5.32 Å². The molecule has 0 bridgehead atoms. The maximum Gasteiger partial charge on any atom is 0.324 e. The largest absolute Gasteiger partial charge is 0.493 e. The molecule has 2 aliphatic heterocycles. The Labute approximate surface area is 176 Å². The molecule has 2 saturated heterocycles. The zero-order chi connectivity index (χ0) is 21.1. The van der Waals surface area contributed by atoms with Crippen LogP contribution < -0.4 is 10.1 Å². The van der Waals surface area contributed by atoms with Gasteiger partial charge in [0.1, 0.15) is 12.3 Å². The molecule has 1 aromatic carbocycles. The number of sulfonamides is 1. The first kappa shape index (κ1) is 21.1. The number of hydrogen-bond acceptors (Lipinski definition) is 6. The van der Waals surface area contributed by atoms with Crippen LogP contribution in [-0.4, -0.2) is 75.1 Å². The summed E-state index contributed by atoms with van der Waals surface area (Å²) in [5.41, 5.74) is 0. The lowest BCUT2D eigenvalue weighted by Crippen LogP contribution is -2.31. The second kappa shape index (κ2) is 8.91. The van der Waals surface area contributed by atoms with Crippen LogP contribution in [0.4, 0.5) is 4.79 Å². The number of amides is 3. The van der Waals surface area contributed by atoms with E-state index in [1.54, 1.807) is 24.3 Å². The quantitative estimate of drug-likeness (QED) is 0.436. The first-order valence-electron chi connectivity index (χ1n) is 10.4. The Hall–Kier alpha value is -2.17. The van der Waals surface area contributed by atoms with Crippen molar-refractivity contribution in [3.05, 3.63) is 24.3 Å². The molecule has 0 radical (unpaired) electrons. The van der Waals surface area contributed by atoms with Gasteiger partial charge in [-0.25, -0.2) is 13.2 Å². The number of carbonyl (C=O) groups is 2. The van der Waals surface area contributed by atoms with Gasteiger partial charge in [-0.1, -0.05) is 6.07 Å². The number of ether oxygens (including phenoxy) is 2. The van der Waals surface area contributed by atoms with E-state index in [9.17, 15) is 18.0 Å². The van der Waals surface area contributed by atoms with Crippen molar-refractivity contribution in [1.29, 1.82) is 0 Å². The summed E-state index contributed by atoms with van der Waals surface area (Å²) in [6, 6.07) is 6.30. The lowest BCUT2D eigenvalue weighted by atomic mass is 10.3. The van der Waals surface area contributed by atoms with Crippen LogP contribution in [0.3, 0.4) is 0 Å². The number of urea groups is 1. The highest BCUT2D eigenvalue weighted by molar-refractivity contribution is 7.89. The van der Waals surface area contributed by atoms with E-state index in [0.29, 0.717) is 57.4 Å². The number of nitrogens with zero attached hydrogens (tertiary/aromatic N) is 2. The predicted molar refractivity (Wildman–Crippen MR) is 108 cm³/mol. The van der Waals surface area contributed by atoms with Crippen LogP contribution >= 0.6 is 0 Å². The summed E-state index contributed by atoms with van der Waals surface area (Å²) in [6.07, 6.45) is 3.39. The summed E-state index contributed by atoms with van der Waals surface area (Å²) in [4.78, 5) is 24.3. The molecule has 30 heavy (non-hydrogen) atoms. The molecule has 1 aromatic rings. The molecule has 0 spiro atoms. The Morgan fingerprint density at radius 3 is 2.73 bits per heavy atom. The minimum atomic E-state index is -3.60. The Morgan fingerprint density at radius 2 is 2.00 bits per heavy atom. The van der Waals surface area contributed by atoms with Gasteiger partial charge in [-0.05, 0) is 43.7 Å². The van der Waals surface area contributed by atoms with Crippen molar-refractivity contribution in [1.82, 2.24) is 14.5 Å². The zero-order valence-corrected chi connectivity index (χ0v) is 17.6. The van der Waals surface area contributed by atoms with Gasteiger partial charge in [-0.2, -0.15) is 4.31 Å². The van der Waals surface area contributed by atoms with Crippen LogP contribution in [0.15, 0.2) is 29.2 Å². The summed E-state index contributed by atoms with van der Waals surface area (Å²) in [6.45, 7) is 2.26. The Bertz CT molecular complexity index is 902. The minimum absolute atomic E-state index is 0.0811. The number of rotatable bonds is 10. The van der Waals surface area contributed by atoms with Crippen LogP contribution in [-0.2, 0) is 19.6 Å². The Morgan fingerprint density at radius 1 is 1.17 bits per heavy atom. The van der Waals surface area contributed by atoms with Crippen molar-refractivity contribution in [2.45, 2.75) is 36.7 Å². The second-order valence-electron chi connectivity index (χ2n) is 8.00. The fourth-order valence-corrected chi connectivity index (χ4v) is 5.12. The van der Waals surface area contributed by atoms with Gasteiger partial charge in [0.05, 0.1) is 17.6 Å². The number of imide groups is 1. The van der Waals surface area contributed by atoms with E-state index >= 15 is 0 Å². The van der Waals surface area contributed by atoms with Crippen molar-refractivity contribution in [2.24, 2.45) is 5.92 Å². The SMILES string of the molecule is O=C1CN(CCCO[C@H]2CCN(S(=O)(=O)c3cccc(OCC4CC4)c3)C2)C(=O)N1. The highest BCUT2D eigenvalue weighted by atomic mass is 32.2. The molecular formula is C20H27N3O6S. The summed E-state index contributed by atoms with van der Waals surface area (Å²) in [5.74, 6) is 0.890. The fourth-order valence-electron chi connectivity index (χ4n) is 3.59. The Balaban J connectivity index is 1.24. The molecule has 2 heterocycles. The third kappa shape index (κ3) is 5.11. The molecule has 1 aliphatic carbocycles. The molecule has 1 atom stereocenters. The molecule has 9 nitrogen and oxygen atoms in total. The lowest BCUT2D eigenvalue weighted by molar-refractivity contribution is -0.118. The molecule has 0 unspecified atom stereocenters. The van der Waals surface area contributed by atoms with Crippen LogP contribution in [0.2, 0.25) is 0 Å². The monoisotopic (exact) mass is 437 g/mol. The molecule has 1 saturated carbocycles. The normalized spacial score (nSPS) is 22.5. The van der Waals surface area contributed by atoms with Crippen LogP contribution in [0.1, 0.15) is 25.7 Å². The standard InChI is InChI=1S/C20H27N3O6S/c24-19-13-22(20(25)21-19)8-2-10-28-17-7-9-23(12-17)30(26,27)18-4-1-3-16(11-18)29-14-15-5-6-15/h1,3-4,11,15,17H,2,5-10,12-14H2,(H,21,24,25)/t17-/m0/s1. The summed E-state index contributed by atoms with van der Waals surface area (Å²) in [5, 5.41) is 2.23. The van der Waals surface area contributed by atoms with E-state index in [0.717, 1.165) is 0 Å². The maximum atomic E-state index is 13.0. The molecule has 10 heteroatoms. The molecule has 164 valence electrons. The first-order valence-corrected chi connectivity index (χ1v) is 11.8. The van der Waals surface area contributed by atoms with Gasteiger partial charge in [-0.3, -0.25) is 10.1 Å². The van der Waals surface area contributed by atoms with Gasteiger partial charge in [0.2, 0.25) is 15.9 Å². The van der Waals surface area contributed by atoms with Crippen molar-refractivity contribution in [2.75, 3.05) is 39.4 Å². The summed E-state index contributed by atoms with van der Waals surface area (Å²) < 4.78 is 38.9. The number of nitrogens with one attached hydrogen (secondary N) is 1. The van der Waals surface area contributed by atoms with E-state index in [4.69, 9.17) is 9.47 Å². The smallest absolute Gasteiger partial charge is 0.324 e. The van der Waals surface area contributed by atoms with E-state index in [-0.39, 0.29) is 29.5 Å². The van der Waals surface area contributed by atoms with E-state index in [1.165, 1.54) is 22.0 Å². The number of hydrogen-bond donors (Lipinski definition) is 1. The molecule has 4 rings (SSSR count). The second-order valence-corrected chi connectivity index (χ2v) is 9.94. The maximum absolute atomic E-state index is 13.0. The summed E-state index contributed by atoms with van der Waals surface area (Å²) in [7, 11) is -3.60. The molecule has 3 fully saturated rings. The van der Waals surface area contributed by atoms with Gasteiger partial charge >= 0.3 is 6.03 Å². The van der Waals surface area contributed by atoms with Crippen LogP contribution in [0, 0.1) is 5.92 Å². The van der Waals surface area contributed by atoms with Crippen molar-refractivity contribution in [3.63, 3.8) is 0 Å². The van der Waals surface area contributed by atoms with E-state index in [1.807, 2.05) is 0 Å². The van der Waals surface area contributed by atoms with Crippen molar-refractivity contribution >= 4 is 22.0 Å². The lowest BCUT2D eigenvalue weighted by Gasteiger charge is -2.18. The van der Waals surface area contributed by atoms with Gasteiger partial charge < -0.3 is 14.4 Å². The highest BCUT2D eigenvalue weighted by Gasteiger charge is 2.33. The Kier molecular flexibility index (Phi) is 6.26. The van der Waals surface area contributed by atoms with Gasteiger partial charge in [-0.15, -0.1) is 0 Å². The number of carbonyl (C=O) groups excluding carboxylic acids is 2. The van der Waals surface area contributed by atoms with Gasteiger partial charge in [0.25, 0.3) is 0 Å². The van der Waals surface area contributed by atoms with Crippen LogP contribution in [0.5, 0.6) is 5.75 Å². The van der Waals surface area contributed by atoms with Gasteiger partial charge in [0.15, 0.2) is 0 Å². The zero-order valence-electron chi connectivity index (χ0n) is 16.8. The molecule has 3 amide bonds. The highest BCUT2D eigenvalue weighted by Crippen LogP contribution is 2.30. The molecule has 1 N–H and O–H groups in total. The minimum Gasteiger partial charge on any atom is -0.493 e. The van der Waals surface area contributed by atoms with Crippen molar-refractivity contribution in [3.8, 4) is 5.75 Å². The fraction of sp³-hybridized carbons (Fsp3) is 0.600. The van der Waals surface area contributed by atoms with Crippen LogP contribution in [0.25, 0.3) is 0 Å². The van der Waals surface area contributed by atoms with E-state index < -0.39 is 10.0 Å². The molecular weight excluding hydrogens is 410 g/mol. The topological polar surface area (TPSA) is 105 Å². The predicted octanol–water partition coefficient (Wildman–Crippen LogP) is 1.20. The summed E-state index contributed by atoms with van der Waals surface area (Å²) >= 11 is 0. The molecule has 0 aromatic heterocycles. The van der Waals surface area contributed by atoms with Crippen molar-refractivity contribution < 1.29 is 27.5 Å². The van der Waals surface area contributed by atoms with Gasteiger partial charge in [0, 0.05) is 32.3 Å². The average Bonchev–Trinajstić information content (AvgIpc) is 3.33. The first-order chi connectivity index (χ1) is 14.4.